The first-order valence-electron chi connectivity index (χ1n) is 8.23. The first-order chi connectivity index (χ1) is 10.4. The van der Waals surface area contributed by atoms with E-state index in [1.165, 1.54) is 25.0 Å². The molecule has 120 valence electrons. The Morgan fingerprint density at radius 2 is 1.50 bits per heavy atom. The van der Waals surface area contributed by atoms with Crippen LogP contribution in [0.5, 0.6) is 0 Å². The highest BCUT2D eigenvalue weighted by Crippen LogP contribution is 2.46. The van der Waals surface area contributed by atoms with E-state index in [1.54, 1.807) is 0 Å². The number of hydrogen-bond donors (Lipinski definition) is 1. The molecular weight excluding hydrogens is 284 g/mol. The Balaban J connectivity index is 1.85. The molecule has 4 heteroatoms. The first-order valence-corrected chi connectivity index (χ1v) is 8.23. The molecule has 2 nitrogen and oxygen atoms in total. The van der Waals surface area contributed by atoms with Gasteiger partial charge in [0.05, 0.1) is 5.54 Å². The molecule has 1 atom stereocenters. The molecule has 1 saturated carbocycles. The molecule has 2 fully saturated rings. The van der Waals surface area contributed by atoms with Gasteiger partial charge in [0.1, 0.15) is 11.6 Å². The van der Waals surface area contributed by atoms with Crippen LogP contribution in [0.15, 0.2) is 18.2 Å². The Hall–Kier alpha value is -1.45. The Kier molecular flexibility index (Phi) is 3.96. The van der Waals surface area contributed by atoms with Crippen LogP contribution in [0.3, 0.4) is 0 Å². The molecule has 1 aromatic carbocycles. The summed E-state index contributed by atoms with van der Waals surface area (Å²) in [7, 11) is 0. The van der Waals surface area contributed by atoms with E-state index in [1.807, 2.05) is 6.92 Å². The summed E-state index contributed by atoms with van der Waals surface area (Å²) in [5.41, 5.74) is -0.429. The summed E-state index contributed by atoms with van der Waals surface area (Å²) in [6.45, 7) is 1.86. The van der Waals surface area contributed by atoms with Gasteiger partial charge in [-0.25, -0.2) is 8.78 Å². The molecule has 22 heavy (non-hydrogen) atoms. The molecular formula is C18H23F2NO. The third-order valence-electron chi connectivity index (χ3n) is 5.53. The quantitative estimate of drug-likeness (QED) is 0.817. The molecule has 1 aliphatic heterocycles. The average molecular weight is 307 g/mol. The maximum atomic E-state index is 13.5. The van der Waals surface area contributed by atoms with E-state index in [-0.39, 0.29) is 11.3 Å². The van der Waals surface area contributed by atoms with E-state index in [9.17, 15) is 13.6 Å². The van der Waals surface area contributed by atoms with Gasteiger partial charge in [0.15, 0.2) is 0 Å². The number of hydrogen-bond acceptors (Lipinski definition) is 1. The maximum absolute atomic E-state index is 13.5. The van der Waals surface area contributed by atoms with E-state index >= 15 is 0 Å². The lowest BCUT2D eigenvalue weighted by Crippen LogP contribution is -2.55. The Labute approximate surface area is 130 Å². The predicted octanol–water partition coefficient (Wildman–Crippen LogP) is 4.43. The normalized spacial score (nSPS) is 28.2. The van der Waals surface area contributed by atoms with E-state index in [4.69, 9.17) is 0 Å². The highest BCUT2D eigenvalue weighted by atomic mass is 19.1. The molecule has 1 aliphatic carbocycles. The zero-order chi connectivity index (χ0) is 15.8. The Bertz CT molecular complexity index is 558. The summed E-state index contributed by atoms with van der Waals surface area (Å²) in [5, 5.41) is 3.08. The zero-order valence-corrected chi connectivity index (χ0v) is 13.1. The van der Waals surface area contributed by atoms with Crippen molar-refractivity contribution in [1.29, 1.82) is 0 Å². The van der Waals surface area contributed by atoms with E-state index in [0.717, 1.165) is 44.6 Å². The van der Waals surface area contributed by atoms with Gasteiger partial charge in [0.2, 0.25) is 5.91 Å². The fourth-order valence-electron chi connectivity index (χ4n) is 4.02. The van der Waals surface area contributed by atoms with Gasteiger partial charge in [-0.2, -0.15) is 0 Å². The van der Waals surface area contributed by atoms with Gasteiger partial charge in [-0.3, -0.25) is 4.79 Å². The summed E-state index contributed by atoms with van der Waals surface area (Å²) in [6.07, 6.45) is 7.98. The zero-order valence-electron chi connectivity index (χ0n) is 13.1. The van der Waals surface area contributed by atoms with Crippen molar-refractivity contribution in [3.05, 3.63) is 35.4 Å². The highest BCUT2D eigenvalue weighted by Gasteiger charge is 2.47. The molecule has 1 N–H and O–H groups in total. The number of benzene rings is 1. The van der Waals surface area contributed by atoms with E-state index < -0.39 is 17.2 Å². The highest BCUT2D eigenvalue weighted by molar-refractivity contribution is 5.84. The number of halogens is 2. The molecule has 0 bridgehead atoms. The fraction of sp³-hybridized carbons (Fsp3) is 0.611. The number of nitrogens with one attached hydrogen (secondary N) is 1. The van der Waals surface area contributed by atoms with Crippen LogP contribution in [0.4, 0.5) is 8.78 Å². The molecule has 1 spiro atoms. The van der Waals surface area contributed by atoms with Gasteiger partial charge < -0.3 is 5.32 Å². The number of rotatable bonds is 1. The molecule has 1 unspecified atom stereocenters. The third-order valence-corrected chi connectivity index (χ3v) is 5.53. The second-order valence-corrected chi connectivity index (χ2v) is 7.14. The lowest BCUT2D eigenvalue weighted by molar-refractivity contribution is -0.138. The van der Waals surface area contributed by atoms with Crippen LogP contribution in [0.2, 0.25) is 0 Å². The molecule has 1 amide bonds. The summed E-state index contributed by atoms with van der Waals surface area (Å²) in [4.78, 5) is 12.8. The van der Waals surface area contributed by atoms with Gasteiger partial charge in [0.25, 0.3) is 0 Å². The second-order valence-electron chi connectivity index (χ2n) is 7.14. The minimum Gasteiger partial charge on any atom is -0.346 e. The molecule has 1 heterocycles. The summed E-state index contributed by atoms with van der Waals surface area (Å²) < 4.78 is 27.0. The summed E-state index contributed by atoms with van der Waals surface area (Å²) in [6, 6.07) is 3.52. The molecule has 0 radical (unpaired) electrons. The van der Waals surface area contributed by atoms with Crippen molar-refractivity contribution in [1.82, 2.24) is 5.32 Å². The van der Waals surface area contributed by atoms with Gasteiger partial charge in [-0.15, -0.1) is 0 Å². The topological polar surface area (TPSA) is 29.1 Å². The van der Waals surface area contributed by atoms with Crippen molar-refractivity contribution >= 4 is 5.91 Å². The largest absolute Gasteiger partial charge is 0.346 e. The van der Waals surface area contributed by atoms with Crippen molar-refractivity contribution in [2.24, 2.45) is 5.41 Å². The Morgan fingerprint density at radius 1 is 0.909 bits per heavy atom. The standard InChI is InChI=1S/C18H23F2NO/c1-17(13-10-14(19)12-15(20)11-13)8-9-18(16(22)21-17)6-4-2-3-5-7-18/h10-12H,2-9H2,1H3,(H,21,22). The van der Waals surface area contributed by atoms with Crippen molar-refractivity contribution < 1.29 is 13.6 Å². The van der Waals surface area contributed by atoms with Crippen molar-refractivity contribution in [2.75, 3.05) is 0 Å². The molecule has 1 saturated heterocycles. The molecule has 2 aliphatic rings. The van der Waals surface area contributed by atoms with Crippen LogP contribution in [-0.4, -0.2) is 5.91 Å². The molecule has 1 aromatic rings. The number of amides is 1. The van der Waals surface area contributed by atoms with Crippen molar-refractivity contribution in [2.45, 2.75) is 63.8 Å². The van der Waals surface area contributed by atoms with Crippen LogP contribution in [-0.2, 0) is 10.3 Å². The second kappa shape index (κ2) is 5.64. The van der Waals surface area contributed by atoms with E-state index in [2.05, 4.69) is 5.32 Å². The third kappa shape index (κ3) is 2.75. The molecule has 0 aromatic heterocycles. The van der Waals surface area contributed by atoms with E-state index in [0.29, 0.717) is 5.56 Å². The lowest BCUT2D eigenvalue weighted by atomic mass is 9.68. The minimum atomic E-state index is -0.683. The smallest absolute Gasteiger partial charge is 0.226 e. The first kappa shape index (κ1) is 15.4. The van der Waals surface area contributed by atoms with Gasteiger partial charge in [-0.05, 0) is 50.3 Å². The monoisotopic (exact) mass is 307 g/mol. The van der Waals surface area contributed by atoms with Crippen molar-refractivity contribution in [3.8, 4) is 0 Å². The number of piperidine rings is 1. The SMILES string of the molecule is CC1(c2cc(F)cc(F)c2)CCC2(CCCCCC2)C(=O)N1. The molecule has 3 rings (SSSR count). The van der Waals surface area contributed by atoms with Gasteiger partial charge in [0, 0.05) is 11.5 Å². The summed E-state index contributed by atoms with van der Waals surface area (Å²) in [5.74, 6) is -1.13. The summed E-state index contributed by atoms with van der Waals surface area (Å²) >= 11 is 0. The Morgan fingerprint density at radius 3 is 2.05 bits per heavy atom. The van der Waals surface area contributed by atoms with Crippen LogP contribution in [0.1, 0.15) is 63.9 Å². The van der Waals surface area contributed by atoms with Crippen LogP contribution >= 0.6 is 0 Å². The maximum Gasteiger partial charge on any atom is 0.226 e. The number of carbonyl (C=O) groups excluding carboxylic acids is 1. The minimum absolute atomic E-state index is 0.0628. The van der Waals surface area contributed by atoms with Gasteiger partial charge >= 0.3 is 0 Å². The predicted molar refractivity (Wildman–Crippen MR) is 81.2 cm³/mol. The number of carbonyl (C=O) groups is 1. The van der Waals surface area contributed by atoms with Crippen molar-refractivity contribution in [3.63, 3.8) is 0 Å². The average Bonchev–Trinajstić information content (AvgIpc) is 2.69. The van der Waals surface area contributed by atoms with Crippen LogP contribution in [0, 0.1) is 17.0 Å². The fourth-order valence-corrected chi connectivity index (χ4v) is 4.02. The lowest BCUT2D eigenvalue weighted by Gasteiger charge is -2.45. The van der Waals surface area contributed by atoms with Crippen LogP contribution in [0.25, 0.3) is 0 Å². The van der Waals surface area contributed by atoms with Crippen LogP contribution < -0.4 is 5.32 Å². The van der Waals surface area contributed by atoms with Gasteiger partial charge in [-0.1, -0.05) is 25.7 Å².